The summed E-state index contributed by atoms with van der Waals surface area (Å²) in [4.78, 5) is 15.3. The Morgan fingerprint density at radius 2 is 1.89 bits per heavy atom. The molecule has 2 unspecified atom stereocenters. The Kier molecular flexibility index (Phi) is 5.29. The molecule has 0 radical (unpaired) electrons. The van der Waals surface area contributed by atoms with E-state index < -0.39 is 24.7 Å². The van der Waals surface area contributed by atoms with Crippen molar-refractivity contribution in [2.75, 3.05) is 6.54 Å². The second kappa shape index (κ2) is 6.51. The molecule has 0 saturated carbocycles. The maximum atomic E-state index is 12.0. The highest BCUT2D eigenvalue weighted by atomic mass is 19.4. The molecule has 1 rings (SSSR count). The Morgan fingerprint density at radius 3 is 2.42 bits per heavy atom. The van der Waals surface area contributed by atoms with E-state index in [-0.39, 0.29) is 6.04 Å². The topological polar surface area (TPSA) is 54.0 Å². The maximum absolute atomic E-state index is 12.0. The summed E-state index contributed by atoms with van der Waals surface area (Å²) in [5.74, 6) is -0.682. The van der Waals surface area contributed by atoms with Gasteiger partial charge in [-0.1, -0.05) is 0 Å². The molecule has 0 fully saturated rings. The van der Waals surface area contributed by atoms with Crippen LogP contribution in [0.3, 0.4) is 0 Å². The molecule has 19 heavy (non-hydrogen) atoms. The number of hydrogen-bond acceptors (Lipinski definition) is 3. The van der Waals surface area contributed by atoms with Crippen molar-refractivity contribution < 1.29 is 18.0 Å². The van der Waals surface area contributed by atoms with E-state index in [0.29, 0.717) is 0 Å². The van der Waals surface area contributed by atoms with Crippen LogP contribution >= 0.6 is 0 Å². The Labute approximate surface area is 109 Å². The minimum Gasteiger partial charge on any atom is -0.346 e. The molecule has 0 saturated heterocycles. The van der Waals surface area contributed by atoms with Gasteiger partial charge in [-0.05, 0) is 31.5 Å². The van der Waals surface area contributed by atoms with Crippen molar-refractivity contribution in [2.24, 2.45) is 0 Å². The fourth-order valence-electron chi connectivity index (χ4n) is 1.54. The number of alkyl halides is 3. The van der Waals surface area contributed by atoms with Crippen LogP contribution in [0.2, 0.25) is 0 Å². The third-order valence-electron chi connectivity index (χ3n) is 2.56. The first-order chi connectivity index (χ1) is 8.79. The van der Waals surface area contributed by atoms with E-state index in [4.69, 9.17) is 0 Å². The van der Waals surface area contributed by atoms with E-state index in [0.717, 1.165) is 5.56 Å². The highest BCUT2D eigenvalue weighted by Crippen LogP contribution is 2.13. The highest BCUT2D eigenvalue weighted by molar-refractivity contribution is 5.81. The number of pyridine rings is 1. The fraction of sp³-hybridized carbons (Fsp3) is 0.500. The number of nitrogens with zero attached hydrogens (tertiary/aromatic N) is 1. The van der Waals surface area contributed by atoms with Crippen LogP contribution in [0.25, 0.3) is 0 Å². The van der Waals surface area contributed by atoms with Crippen molar-refractivity contribution in [3.63, 3.8) is 0 Å². The quantitative estimate of drug-likeness (QED) is 0.861. The average Bonchev–Trinajstić information content (AvgIpc) is 2.36. The lowest BCUT2D eigenvalue weighted by Crippen LogP contribution is -2.45. The fourth-order valence-corrected chi connectivity index (χ4v) is 1.54. The largest absolute Gasteiger partial charge is 0.405 e. The summed E-state index contributed by atoms with van der Waals surface area (Å²) in [6.45, 7) is 2.02. The Bertz CT molecular complexity index is 408. The predicted octanol–water partition coefficient (Wildman–Crippen LogP) is 1.80. The summed E-state index contributed by atoms with van der Waals surface area (Å²) in [6, 6.07) is 2.68. The Morgan fingerprint density at radius 1 is 1.32 bits per heavy atom. The number of carbonyl (C=O) groups is 1. The van der Waals surface area contributed by atoms with Gasteiger partial charge < -0.3 is 5.32 Å². The highest BCUT2D eigenvalue weighted by Gasteiger charge is 2.28. The lowest BCUT2D eigenvalue weighted by Gasteiger charge is -2.20. The SMILES string of the molecule is CC(NC(C)c1ccncc1)C(=O)NCC(F)(F)F. The van der Waals surface area contributed by atoms with Gasteiger partial charge in [0.2, 0.25) is 5.91 Å². The molecule has 1 aromatic rings. The summed E-state index contributed by atoms with van der Waals surface area (Å²) in [6.07, 6.45) is -1.17. The van der Waals surface area contributed by atoms with Crippen molar-refractivity contribution >= 4 is 5.91 Å². The summed E-state index contributed by atoms with van der Waals surface area (Å²) < 4.78 is 35.9. The number of nitrogens with one attached hydrogen (secondary N) is 2. The first kappa shape index (κ1) is 15.4. The van der Waals surface area contributed by atoms with Crippen LogP contribution in [0.1, 0.15) is 25.5 Å². The molecule has 0 aromatic carbocycles. The second-order valence-corrected chi connectivity index (χ2v) is 4.22. The van der Waals surface area contributed by atoms with Gasteiger partial charge >= 0.3 is 6.18 Å². The van der Waals surface area contributed by atoms with Crippen LogP contribution in [0.4, 0.5) is 13.2 Å². The van der Waals surface area contributed by atoms with Gasteiger partial charge in [-0.25, -0.2) is 0 Å². The summed E-state index contributed by atoms with van der Waals surface area (Å²) in [7, 11) is 0. The molecular weight excluding hydrogens is 259 g/mol. The minimum absolute atomic E-state index is 0.158. The molecule has 1 amide bonds. The van der Waals surface area contributed by atoms with E-state index in [1.165, 1.54) is 6.92 Å². The number of amides is 1. The third kappa shape index (κ3) is 5.69. The van der Waals surface area contributed by atoms with Crippen LogP contribution in [0.5, 0.6) is 0 Å². The molecular formula is C12H16F3N3O. The summed E-state index contributed by atoms with van der Waals surface area (Å²) in [5.41, 5.74) is 0.908. The van der Waals surface area contributed by atoms with Gasteiger partial charge in [0.05, 0.1) is 6.04 Å². The normalized spacial score (nSPS) is 14.8. The van der Waals surface area contributed by atoms with Gasteiger partial charge in [0.15, 0.2) is 0 Å². The predicted molar refractivity (Wildman–Crippen MR) is 64.3 cm³/mol. The van der Waals surface area contributed by atoms with Crippen molar-refractivity contribution in [1.29, 1.82) is 0 Å². The van der Waals surface area contributed by atoms with Gasteiger partial charge in [0.25, 0.3) is 0 Å². The zero-order valence-electron chi connectivity index (χ0n) is 10.7. The molecule has 1 heterocycles. The van der Waals surface area contributed by atoms with Crippen LogP contribution < -0.4 is 10.6 Å². The molecule has 1 aromatic heterocycles. The zero-order chi connectivity index (χ0) is 14.5. The molecule has 0 bridgehead atoms. The van der Waals surface area contributed by atoms with Gasteiger partial charge in [0.1, 0.15) is 6.54 Å². The molecule has 0 aliphatic heterocycles. The molecule has 0 spiro atoms. The summed E-state index contributed by atoms with van der Waals surface area (Å²) >= 11 is 0. The zero-order valence-corrected chi connectivity index (χ0v) is 10.7. The molecule has 0 aliphatic carbocycles. The maximum Gasteiger partial charge on any atom is 0.405 e. The molecule has 106 valence electrons. The van der Waals surface area contributed by atoms with E-state index in [1.54, 1.807) is 24.5 Å². The third-order valence-corrected chi connectivity index (χ3v) is 2.56. The van der Waals surface area contributed by atoms with Crippen LogP contribution in [0.15, 0.2) is 24.5 Å². The van der Waals surface area contributed by atoms with Crippen molar-refractivity contribution in [3.05, 3.63) is 30.1 Å². The first-order valence-electron chi connectivity index (χ1n) is 5.80. The molecule has 0 aliphatic rings. The van der Waals surface area contributed by atoms with Crippen LogP contribution in [-0.4, -0.2) is 29.7 Å². The van der Waals surface area contributed by atoms with Gasteiger partial charge in [0, 0.05) is 18.4 Å². The number of halogens is 3. The van der Waals surface area contributed by atoms with Crippen molar-refractivity contribution in [3.8, 4) is 0 Å². The van der Waals surface area contributed by atoms with E-state index >= 15 is 0 Å². The smallest absolute Gasteiger partial charge is 0.346 e. The van der Waals surface area contributed by atoms with E-state index in [9.17, 15) is 18.0 Å². The Balaban J connectivity index is 2.46. The van der Waals surface area contributed by atoms with Crippen LogP contribution in [0, 0.1) is 0 Å². The molecule has 4 nitrogen and oxygen atoms in total. The number of carbonyl (C=O) groups excluding carboxylic acids is 1. The molecule has 2 atom stereocenters. The second-order valence-electron chi connectivity index (χ2n) is 4.22. The van der Waals surface area contributed by atoms with Crippen LogP contribution in [-0.2, 0) is 4.79 Å². The lowest BCUT2D eigenvalue weighted by molar-refractivity contribution is -0.139. The molecule has 7 heteroatoms. The standard InChI is InChI=1S/C12H16F3N3O/c1-8(10-3-5-16-6-4-10)18-9(2)11(19)17-7-12(13,14)15/h3-6,8-9,18H,7H2,1-2H3,(H,17,19). The Hall–Kier alpha value is -1.63. The average molecular weight is 275 g/mol. The number of rotatable bonds is 5. The van der Waals surface area contributed by atoms with Gasteiger partial charge in [-0.3, -0.25) is 15.1 Å². The summed E-state index contributed by atoms with van der Waals surface area (Å²) in [5, 5.41) is 4.77. The minimum atomic E-state index is -4.40. The van der Waals surface area contributed by atoms with Crippen molar-refractivity contribution in [1.82, 2.24) is 15.6 Å². The monoisotopic (exact) mass is 275 g/mol. The van der Waals surface area contributed by atoms with E-state index in [2.05, 4.69) is 10.3 Å². The first-order valence-corrected chi connectivity index (χ1v) is 5.80. The van der Waals surface area contributed by atoms with Crippen molar-refractivity contribution in [2.45, 2.75) is 32.1 Å². The lowest BCUT2D eigenvalue weighted by atomic mass is 10.1. The number of hydrogen-bond donors (Lipinski definition) is 2. The van der Waals surface area contributed by atoms with Gasteiger partial charge in [-0.2, -0.15) is 13.2 Å². The van der Waals surface area contributed by atoms with Gasteiger partial charge in [-0.15, -0.1) is 0 Å². The molecule has 2 N–H and O–H groups in total. The van der Waals surface area contributed by atoms with E-state index in [1.807, 2.05) is 12.2 Å². The number of aromatic nitrogens is 1.